The van der Waals surface area contributed by atoms with Crippen LogP contribution in [0.5, 0.6) is 11.5 Å². The molecule has 0 N–H and O–H groups in total. The maximum Gasteiger partial charge on any atom is 0.253 e. The van der Waals surface area contributed by atoms with E-state index in [4.69, 9.17) is 9.47 Å². The first-order valence-corrected chi connectivity index (χ1v) is 4.95. The molecule has 0 aromatic heterocycles. The van der Waals surface area contributed by atoms with E-state index < -0.39 is 0 Å². The molecular formula is C12H17NO3. The topological polar surface area (TPSA) is 38.8 Å². The molecule has 1 aromatic carbocycles. The Morgan fingerprint density at radius 1 is 1.12 bits per heavy atom. The Morgan fingerprint density at radius 2 is 1.62 bits per heavy atom. The molecule has 4 nitrogen and oxygen atoms in total. The number of benzene rings is 1. The number of ether oxygens (including phenoxy) is 2. The van der Waals surface area contributed by atoms with Crippen molar-refractivity contribution < 1.29 is 14.3 Å². The Morgan fingerprint density at radius 3 is 2.06 bits per heavy atom. The molecule has 0 radical (unpaired) electrons. The van der Waals surface area contributed by atoms with Gasteiger partial charge in [-0.3, -0.25) is 4.79 Å². The lowest BCUT2D eigenvalue weighted by Crippen LogP contribution is -2.22. The minimum Gasteiger partial charge on any atom is -0.493 e. The van der Waals surface area contributed by atoms with E-state index in [9.17, 15) is 4.79 Å². The molecule has 4 heteroatoms. The van der Waals surface area contributed by atoms with E-state index in [1.807, 2.05) is 6.92 Å². The summed E-state index contributed by atoms with van der Waals surface area (Å²) in [4.78, 5) is 13.4. The molecule has 0 saturated carbocycles. The van der Waals surface area contributed by atoms with Gasteiger partial charge in [-0.25, -0.2) is 0 Å². The summed E-state index contributed by atoms with van der Waals surface area (Å²) >= 11 is 0. The van der Waals surface area contributed by atoms with Crippen molar-refractivity contribution >= 4 is 5.91 Å². The first-order valence-electron chi connectivity index (χ1n) is 4.95. The molecule has 0 heterocycles. The lowest BCUT2D eigenvalue weighted by molar-refractivity contribution is 0.0826. The molecule has 0 aliphatic carbocycles. The Kier molecular flexibility index (Phi) is 3.77. The summed E-state index contributed by atoms with van der Waals surface area (Å²) < 4.78 is 10.3. The smallest absolute Gasteiger partial charge is 0.253 e. The van der Waals surface area contributed by atoms with Gasteiger partial charge in [0, 0.05) is 19.7 Å². The third-order valence-corrected chi connectivity index (χ3v) is 2.37. The minimum absolute atomic E-state index is 0.0431. The number of nitrogens with zero attached hydrogens (tertiary/aromatic N) is 1. The molecule has 0 bridgehead atoms. The second-order valence-corrected chi connectivity index (χ2v) is 3.72. The number of methoxy groups -OCH3 is 2. The van der Waals surface area contributed by atoms with Crippen molar-refractivity contribution in [1.82, 2.24) is 4.90 Å². The van der Waals surface area contributed by atoms with Crippen molar-refractivity contribution in [3.63, 3.8) is 0 Å². The Labute approximate surface area is 95.8 Å². The molecule has 16 heavy (non-hydrogen) atoms. The molecule has 1 aromatic rings. The van der Waals surface area contributed by atoms with Crippen LogP contribution in [0.25, 0.3) is 0 Å². The van der Waals surface area contributed by atoms with Crippen LogP contribution in [0, 0.1) is 6.92 Å². The predicted octanol–water partition coefficient (Wildman–Crippen LogP) is 1.71. The van der Waals surface area contributed by atoms with Gasteiger partial charge in [-0.1, -0.05) is 0 Å². The van der Waals surface area contributed by atoms with Crippen molar-refractivity contribution in [2.24, 2.45) is 0 Å². The number of hydrogen-bond donors (Lipinski definition) is 0. The number of aryl methyl sites for hydroxylation is 1. The maximum atomic E-state index is 11.9. The van der Waals surface area contributed by atoms with Crippen LogP contribution >= 0.6 is 0 Å². The van der Waals surface area contributed by atoms with Crippen molar-refractivity contribution in [1.29, 1.82) is 0 Å². The van der Waals surface area contributed by atoms with Crippen molar-refractivity contribution in [2.45, 2.75) is 6.92 Å². The first-order chi connectivity index (χ1) is 7.51. The summed E-state index contributed by atoms with van der Waals surface area (Å²) in [5.41, 5.74) is 1.50. The van der Waals surface area contributed by atoms with E-state index in [1.54, 1.807) is 40.4 Å². The summed E-state index contributed by atoms with van der Waals surface area (Å²) in [5.74, 6) is 1.16. The van der Waals surface area contributed by atoms with Crippen LogP contribution in [-0.4, -0.2) is 39.1 Å². The van der Waals surface area contributed by atoms with Crippen molar-refractivity contribution in [3.8, 4) is 11.5 Å². The van der Waals surface area contributed by atoms with Gasteiger partial charge >= 0.3 is 0 Å². The van der Waals surface area contributed by atoms with E-state index in [0.29, 0.717) is 17.1 Å². The molecule has 1 rings (SSSR count). The third kappa shape index (κ3) is 2.27. The van der Waals surface area contributed by atoms with Crippen LogP contribution in [0.4, 0.5) is 0 Å². The van der Waals surface area contributed by atoms with Gasteiger partial charge in [0.25, 0.3) is 5.91 Å². The normalized spacial score (nSPS) is 9.81. The molecule has 0 spiro atoms. The molecule has 0 aliphatic heterocycles. The van der Waals surface area contributed by atoms with Gasteiger partial charge in [0.1, 0.15) is 0 Å². The Bertz CT molecular complexity index is 399. The van der Waals surface area contributed by atoms with E-state index in [-0.39, 0.29) is 5.91 Å². The molecule has 0 atom stereocenters. The zero-order chi connectivity index (χ0) is 12.3. The van der Waals surface area contributed by atoms with Crippen molar-refractivity contribution in [2.75, 3.05) is 28.3 Å². The molecular weight excluding hydrogens is 206 g/mol. The monoisotopic (exact) mass is 223 g/mol. The second kappa shape index (κ2) is 4.88. The van der Waals surface area contributed by atoms with Gasteiger partial charge in [-0.15, -0.1) is 0 Å². The highest BCUT2D eigenvalue weighted by atomic mass is 16.5. The van der Waals surface area contributed by atoms with Crippen LogP contribution < -0.4 is 9.47 Å². The standard InChI is InChI=1S/C12H17NO3/c1-8-6-10(15-4)11(16-5)7-9(8)12(14)13(2)3/h6-7H,1-5H3. The number of carbonyl (C=O) groups excluding carboxylic acids is 1. The summed E-state index contributed by atoms with van der Waals surface area (Å²) in [6.45, 7) is 1.87. The summed E-state index contributed by atoms with van der Waals surface area (Å²) in [5, 5.41) is 0. The quantitative estimate of drug-likeness (QED) is 0.783. The average Bonchev–Trinajstić information content (AvgIpc) is 2.27. The van der Waals surface area contributed by atoms with Crippen LogP contribution in [0.3, 0.4) is 0 Å². The zero-order valence-electron chi connectivity index (χ0n) is 10.3. The van der Waals surface area contributed by atoms with Crippen LogP contribution in [0.1, 0.15) is 15.9 Å². The van der Waals surface area contributed by atoms with E-state index >= 15 is 0 Å². The van der Waals surface area contributed by atoms with Gasteiger partial charge in [0.05, 0.1) is 14.2 Å². The van der Waals surface area contributed by atoms with Crippen LogP contribution in [0.15, 0.2) is 12.1 Å². The first kappa shape index (κ1) is 12.4. The number of rotatable bonds is 3. The summed E-state index contributed by atoms with van der Waals surface area (Å²) in [6, 6.07) is 3.51. The molecule has 0 saturated heterocycles. The van der Waals surface area contributed by atoms with E-state index in [0.717, 1.165) is 5.56 Å². The van der Waals surface area contributed by atoms with Gasteiger partial charge in [0.2, 0.25) is 0 Å². The zero-order valence-corrected chi connectivity index (χ0v) is 10.3. The minimum atomic E-state index is -0.0431. The number of carbonyl (C=O) groups is 1. The average molecular weight is 223 g/mol. The Balaban J connectivity index is 3.26. The second-order valence-electron chi connectivity index (χ2n) is 3.72. The molecule has 0 aliphatic rings. The molecule has 88 valence electrons. The highest BCUT2D eigenvalue weighted by Crippen LogP contribution is 2.30. The van der Waals surface area contributed by atoms with Gasteiger partial charge < -0.3 is 14.4 Å². The predicted molar refractivity (Wildman–Crippen MR) is 62.3 cm³/mol. The molecule has 0 fully saturated rings. The van der Waals surface area contributed by atoms with Crippen molar-refractivity contribution in [3.05, 3.63) is 23.3 Å². The maximum absolute atomic E-state index is 11.9. The largest absolute Gasteiger partial charge is 0.493 e. The Hall–Kier alpha value is -1.71. The lowest BCUT2D eigenvalue weighted by atomic mass is 10.1. The highest BCUT2D eigenvalue weighted by molar-refractivity contribution is 5.96. The third-order valence-electron chi connectivity index (χ3n) is 2.37. The van der Waals surface area contributed by atoms with Gasteiger partial charge in [-0.2, -0.15) is 0 Å². The van der Waals surface area contributed by atoms with Crippen LogP contribution in [-0.2, 0) is 0 Å². The summed E-state index contributed by atoms with van der Waals surface area (Å²) in [6.07, 6.45) is 0. The van der Waals surface area contributed by atoms with Crippen LogP contribution in [0.2, 0.25) is 0 Å². The highest BCUT2D eigenvalue weighted by Gasteiger charge is 2.15. The number of hydrogen-bond acceptors (Lipinski definition) is 3. The fourth-order valence-electron chi connectivity index (χ4n) is 1.45. The lowest BCUT2D eigenvalue weighted by Gasteiger charge is -2.15. The molecule has 0 unspecified atom stereocenters. The summed E-state index contributed by atoms with van der Waals surface area (Å²) in [7, 11) is 6.57. The fourth-order valence-corrected chi connectivity index (χ4v) is 1.45. The van der Waals surface area contributed by atoms with E-state index in [1.165, 1.54) is 4.90 Å². The van der Waals surface area contributed by atoms with E-state index in [2.05, 4.69) is 0 Å². The fraction of sp³-hybridized carbons (Fsp3) is 0.417. The van der Waals surface area contributed by atoms with Gasteiger partial charge in [-0.05, 0) is 24.6 Å². The molecule has 1 amide bonds. The number of amides is 1. The van der Waals surface area contributed by atoms with Gasteiger partial charge in [0.15, 0.2) is 11.5 Å². The SMILES string of the molecule is COc1cc(C)c(C(=O)N(C)C)cc1OC.